The summed E-state index contributed by atoms with van der Waals surface area (Å²) in [5.74, 6) is 1.07. The topological polar surface area (TPSA) is 19.4 Å². The maximum absolute atomic E-state index is 4.58. The predicted molar refractivity (Wildman–Crippen MR) is 65.4 cm³/mol. The van der Waals surface area contributed by atoms with Crippen molar-refractivity contribution < 1.29 is 0 Å². The number of aromatic nitrogens is 1. The summed E-state index contributed by atoms with van der Waals surface area (Å²) >= 11 is 0. The van der Waals surface area contributed by atoms with E-state index in [4.69, 9.17) is 0 Å². The minimum atomic E-state index is 0.995. The number of hydrogen-bond donors (Lipinski definition) is 0. The van der Waals surface area contributed by atoms with Gasteiger partial charge < -0.3 is 9.80 Å². The van der Waals surface area contributed by atoms with Crippen LogP contribution in [-0.2, 0) is 6.42 Å². The lowest BCUT2D eigenvalue weighted by Gasteiger charge is -2.20. The van der Waals surface area contributed by atoms with Crippen molar-refractivity contribution in [1.82, 2.24) is 9.88 Å². The van der Waals surface area contributed by atoms with Crippen molar-refractivity contribution in [2.75, 3.05) is 39.1 Å². The average molecular weight is 207 g/mol. The smallest absolute Gasteiger partial charge is 0.128 e. The van der Waals surface area contributed by atoms with Gasteiger partial charge in [-0.15, -0.1) is 0 Å². The highest BCUT2D eigenvalue weighted by atomic mass is 15.2. The molecule has 0 spiro atoms. The molecule has 0 radical (unpaired) electrons. The summed E-state index contributed by atoms with van der Waals surface area (Å²) < 4.78 is 0. The lowest BCUT2D eigenvalue weighted by molar-refractivity contribution is 0.416. The Balaban J connectivity index is 2.60. The van der Waals surface area contributed by atoms with Crippen molar-refractivity contribution in [1.29, 1.82) is 0 Å². The first kappa shape index (κ1) is 12.0. The maximum atomic E-state index is 4.58. The molecule has 1 heterocycles. The summed E-state index contributed by atoms with van der Waals surface area (Å²) in [7, 11) is 6.26. The first-order valence-electron chi connectivity index (χ1n) is 5.45. The van der Waals surface area contributed by atoms with Crippen LogP contribution in [0.3, 0.4) is 0 Å². The Morgan fingerprint density at radius 3 is 2.47 bits per heavy atom. The van der Waals surface area contributed by atoms with E-state index < -0.39 is 0 Å². The van der Waals surface area contributed by atoms with Crippen LogP contribution >= 0.6 is 0 Å². The largest absolute Gasteiger partial charge is 0.358 e. The highest BCUT2D eigenvalue weighted by Gasteiger charge is 2.02. The Morgan fingerprint density at radius 2 is 1.87 bits per heavy atom. The van der Waals surface area contributed by atoms with E-state index >= 15 is 0 Å². The molecule has 0 saturated heterocycles. The van der Waals surface area contributed by atoms with Gasteiger partial charge >= 0.3 is 0 Å². The molecular weight excluding hydrogens is 186 g/mol. The fourth-order valence-corrected chi connectivity index (χ4v) is 1.34. The molecule has 0 atom stereocenters. The van der Waals surface area contributed by atoms with Crippen LogP contribution in [0.4, 0.5) is 5.82 Å². The molecule has 15 heavy (non-hydrogen) atoms. The zero-order chi connectivity index (χ0) is 11.3. The zero-order valence-corrected chi connectivity index (χ0v) is 10.2. The molecule has 0 unspecified atom stereocenters. The van der Waals surface area contributed by atoms with Crippen LogP contribution in [0.1, 0.15) is 12.6 Å². The Morgan fingerprint density at radius 1 is 1.13 bits per heavy atom. The summed E-state index contributed by atoms with van der Waals surface area (Å²) in [5, 5.41) is 0. The van der Waals surface area contributed by atoms with Crippen molar-refractivity contribution in [3.63, 3.8) is 0 Å². The van der Waals surface area contributed by atoms with Crippen LogP contribution in [0.5, 0.6) is 0 Å². The summed E-state index contributed by atoms with van der Waals surface area (Å²) in [4.78, 5) is 8.95. The summed E-state index contributed by atoms with van der Waals surface area (Å²) in [5.41, 5.74) is 1.16. The molecule has 0 aliphatic rings. The third-order valence-electron chi connectivity index (χ3n) is 2.43. The van der Waals surface area contributed by atoms with Crippen molar-refractivity contribution >= 4 is 5.82 Å². The zero-order valence-electron chi connectivity index (χ0n) is 10.2. The van der Waals surface area contributed by atoms with Gasteiger partial charge in [-0.1, -0.05) is 13.0 Å². The molecule has 84 valence electrons. The van der Waals surface area contributed by atoms with Gasteiger partial charge in [-0.2, -0.15) is 0 Å². The third kappa shape index (κ3) is 3.88. The fourth-order valence-electron chi connectivity index (χ4n) is 1.34. The quantitative estimate of drug-likeness (QED) is 0.731. The Bertz CT molecular complexity index is 297. The molecule has 0 saturated carbocycles. The van der Waals surface area contributed by atoms with E-state index in [1.807, 2.05) is 0 Å². The highest BCUT2D eigenvalue weighted by molar-refractivity contribution is 5.38. The van der Waals surface area contributed by atoms with Gasteiger partial charge in [-0.05, 0) is 32.6 Å². The van der Waals surface area contributed by atoms with Gasteiger partial charge in [0.1, 0.15) is 5.82 Å². The molecular formula is C12H21N3. The van der Waals surface area contributed by atoms with Gasteiger partial charge in [0.2, 0.25) is 0 Å². The second-order valence-corrected chi connectivity index (χ2v) is 4.07. The summed E-state index contributed by atoms with van der Waals surface area (Å²) in [6.45, 7) is 4.19. The predicted octanol–water partition coefficient (Wildman–Crippen LogP) is 1.64. The molecule has 0 fully saturated rings. The van der Waals surface area contributed by atoms with Gasteiger partial charge in [0, 0.05) is 25.8 Å². The van der Waals surface area contributed by atoms with Crippen molar-refractivity contribution in [2.45, 2.75) is 13.3 Å². The average Bonchev–Trinajstić information content (AvgIpc) is 2.26. The molecule has 1 aromatic rings. The fraction of sp³-hybridized carbons (Fsp3) is 0.583. The normalized spacial score (nSPS) is 10.7. The van der Waals surface area contributed by atoms with E-state index in [2.05, 4.69) is 61.0 Å². The molecule has 0 aromatic carbocycles. The molecule has 3 nitrogen and oxygen atoms in total. The lowest BCUT2D eigenvalue weighted by atomic mass is 10.3. The summed E-state index contributed by atoms with van der Waals surface area (Å²) in [6, 6.07) is 6.21. The molecule has 0 aliphatic carbocycles. The van der Waals surface area contributed by atoms with Gasteiger partial charge in [0.25, 0.3) is 0 Å². The molecule has 0 N–H and O–H groups in total. The summed E-state index contributed by atoms with van der Waals surface area (Å²) in [6.07, 6.45) is 0.995. The van der Waals surface area contributed by atoms with Crippen molar-refractivity contribution in [3.05, 3.63) is 23.9 Å². The number of hydrogen-bond acceptors (Lipinski definition) is 3. The highest BCUT2D eigenvalue weighted by Crippen LogP contribution is 2.09. The number of aryl methyl sites for hydroxylation is 1. The van der Waals surface area contributed by atoms with Crippen LogP contribution in [0.25, 0.3) is 0 Å². The number of pyridine rings is 1. The molecule has 1 rings (SSSR count). The van der Waals surface area contributed by atoms with E-state index in [1.54, 1.807) is 0 Å². The Hall–Kier alpha value is -1.09. The second-order valence-electron chi connectivity index (χ2n) is 4.07. The van der Waals surface area contributed by atoms with Crippen molar-refractivity contribution in [2.24, 2.45) is 0 Å². The number of likely N-dealkylation sites (N-methyl/N-ethyl adjacent to an activating group) is 2. The number of rotatable bonds is 5. The van der Waals surface area contributed by atoms with Crippen LogP contribution in [0.2, 0.25) is 0 Å². The van der Waals surface area contributed by atoms with Crippen LogP contribution in [0, 0.1) is 0 Å². The van der Waals surface area contributed by atoms with E-state index in [-0.39, 0.29) is 0 Å². The van der Waals surface area contributed by atoms with E-state index in [9.17, 15) is 0 Å². The number of nitrogens with zero attached hydrogens (tertiary/aromatic N) is 3. The lowest BCUT2D eigenvalue weighted by Crippen LogP contribution is -2.29. The van der Waals surface area contributed by atoms with E-state index in [1.165, 1.54) is 0 Å². The van der Waals surface area contributed by atoms with Crippen LogP contribution < -0.4 is 4.90 Å². The van der Waals surface area contributed by atoms with Gasteiger partial charge in [-0.25, -0.2) is 4.98 Å². The van der Waals surface area contributed by atoms with Gasteiger partial charge in [-0.3, -0.25) is 0 Å². The maximum Gasteiger partial charge on any atom is 0.128 e. The SMILES string of the molecule is CCc1cccc(N(C)CCN(C)C)n1. The monoisotopic (exact) mass is 207 g/mol. The molecule has 1 aromatic heterocycles. The van der Waals surface area contributed by atoms with Gasteiger partial charge in [0.05, 0.1) is 0 Å². The van der Waals surface area contributed by atoms with Crippen LogP contribution in [0.15, 0.2) is 18.2 Å². The minimum Gasteiger partial charge on any atom is -0.358 e. The van der Waals surface area contributed by atoms with Crippen LogP contribution in [-0.4, -0.2) is 44.1 Å². The van der Waals surface area contributed by atoms with Crippen molar-refractivity contribution in [3.8, 4) is 0 Å². The van der Waals surface area contributed by atoms with E-state index in [0.29, 0.717) is 0 Å². The molecule has 3 heteroatoms. The Kier molecular flexibility index (Phi) is 4.56. The molecule has 0 amide bonds. The van der Waals surface area contributed by atoms with E-state index in [0.717, 1.165) is 31.0 Å². The van der Waals surface area contributed by atoms with Gasteiger partial charge in [0.15, 0.2) is 0 Å². The standard InChI is InChI=1S/C12H21N3/c1-5-11-7-6-8-12(13-11)15(4)10-9-14(2)3/h6-8H,5,9-10H2,1-4H3. The number of anilines is 1. The minimum absolute atomic E-state index is 0.995. The second kappa shape index (κ2) is 5.71. The first-order valence-corrected chi connectivity index (χ1v) is 5.45. The first-order chi connectivity index (χ1) is 7.13. The molecule has 0 bridgehead atoms. The molecule has 0 aliphatic heterocycles. The third-order valence-corrected chi connectivity index (χ3v) is 2.43. The Labute approximate surface area is 92.7 Å².